The van der Waals surface area contributed by atoms with Crippen LogP contribution in [0.4, 0.5) is 4.39 Å². The summed E-state index contributed by atoms with van der Waals surface area (Å²) < 4.78 is 20.3. The molecule has 1 aromatic carbocycles. The molecule has 0 aliphatic carbocycles. The summed E-state index contributed by atoms with van der Waals surface area (Å²) in [7, 11) is 1.45. The Labute approximate surface area is 183 Å². The van der Waals surface area contributed by atoms with E-state index in [0.717, 1.165) is 36.3 Å². The lowest BCUT2D eigenvalue weighted by Gasteiger charge is -2.32. The van der Waals surface area contributed by atoms with Gasteiger partial charge in [-0.15, -0.1) is 11.3 Å². The zero-order valence-electron chi connectivity index (χ0n) is 17.3. The molecular formula is C22H25FN4O3S. The molecule has 3 heterocycles. The molecule has 3 aromatic rings. The molecule has 7 nitrogen and oxygen atoms in total. The number of carbonyl (C=O) groups excluding carboxylic acids is 1. The monoisotopic (exact) mass is 444 g/mol. The van der Waals surface area contributed by atoms with Gasteiger partial charge in [-0.1, -0.05) is 6.07 Å². The zero-order chi connectivity index (χ0) is 21.8. The number of aromatic nitrogens is 2. The summed E-state index contributed by atoms with van der Waals surface area (Å²) in [6.45, 7) is 2.64. The number of hydrogen-bond donors (Lipinski definition) is 1. The molecule has 1 fully saturated rings. The van der Waals surface area contributed by atoms with Crippen LogP contribution in [-0.2, 0) is 17.9 Å². The van der Waals surface area contributed by atoms with Crippen LogP contribution in [0.2, 0.25) is 0 Å². The van der Waals surface area contributed by atoms with E-state index in [0.29, 0.717) is 18.5 Å². The summed E-state index contributed by atoms with van der Waals surface area (Å²) in [5.41, 5.74) is 0.796. The first-order chi connectivity index (χ1) is 15.0. The normalized spacial score (nSPS) is 15.3. The Balaban J connectivity index is 1.23. The molecule has 1 saturated heterocycles. The SMILES string of the molecule is COc1ccc(CN2CCC(NC(=O)CCn3cnc4sccc4c3=O)CC2)cc1F. The van der Waals surface area contributed by atoms with Gasteiger partial charge in [-0.3, -0.25) is 19.1 Å². The Morgan fingerprint density at radius 3 is 2.87 bits per heavy atom. The van der Waals surface area contributed by atoms with Gasteiger partial charge >= 0.3 is 0 Å². The van der Waals surface area contributed by atoms with Crippen molar-refractivity contribution in [3.63, 3.8) is 0 Å². The molecule has 4 rings (SSSR count). The number of halogens is 1. The zero-order valence-corrected chi connectivity index (χ0v) is 18.2. The van der Waals surface area contributed by atoms with E-state index < -0.39 is 0 Å². The van der Waals surface area contributed by atoms with E-state index in [1.54, 1.807) is 12.1 Å². The minimum Gasteiger partial charge on any atom is -0.494 e. The van der Waals surface area contributed by atoms with E-state index in [1.165, 1.54) is 35.4 Å². The number of nitrogens with zero attached hydrogens (tertiary/aromatic N) is 3. The second-order valence-corrected chi connectivity index (χ2v) is 8.61. The Bertz CT molecular complexity index is 1120. The quantitative estimate of drug-likeness (QED) is 0.607. The lowest BCUT2D eigenvalue weighted by Crippen LogP contribution is -2.44. The van der Waals surface area contributed by atoms with Crippen LogP contribution in [0.3, 0.4) is 0 Å². The number of benzene rings is 1. The number of thiophene rings is 1. The number of likely N-dealkylation sites (tertiary alicyclic amines) is 1. The maximum Gasteiger partial charge on any atom is 0.262 e. The Hall–Kier alpha value is -2.78. The number of nitrogens with one attached hydrogen (secondary N) is 1. The fraction of sp³-hybridized carbons (Fsp3) is 0.409. The van der Waals surface area contributed by atoms with Crippen LogP contribution < -0.4 is 15.6 Å². The van der Waals surface area contributed by atoms with Crippen molar-refractivity contribution >= 4 is 27.5 Å². The maximum atomic E-state index is 13.9. The van der Waals surface area contributed by atoms with Crippen molar-refractivity contribution in [3.8, 4) is 5.75 Å². The van der Waals surface area contributed by atoms with Gasteiger partial charge in [0.2, 0.25) is 5.91 Å². The minimum atomic E-state index is -0.352. The summed E-state index contributed by atoms with van der Waals surface area (Å²) in [6.07, 6.45) is 3.43. The van der Waals surface area contributed by atoms with Gasteiger partial charge in [-0.2, -0.15) is 0 Å². The average molecular weight is 445 g/mol. The molecule has 1 N–H and O–H groups in total. The lowest BCUT2D eigenvalue weighted by atomic mass is 10.0. The number of ether oxygens (including phenoxy) is 1. The van der Waals surface area contributed by atoms with Gasteiger partial charge in [0.05, 0.1) is 18.8 Å². The van der Waals surface area contributed by atoms with E-state index in [1.807, 2.05) is 11.4 Å². The third-order valence-electron chi connectivity index (χ3n) is 5.61. The number of hydrogen-bond acceptors (Lipinski definition) is 6. The highest BCUT2D eigenvalue weighted by Crippen LogP contribution is 2.20. The van der Waals surface area contributed by atoms with Gasteiger partial charge in [-0.05, 0) is 42.0 Å². The number of amides is 1. The van der Waals surface area contributed by atoms with E-state index >= 15 is 0 Å². The van der Waals surface area contributed by atoms with Crippen LogP contribution in [0.1, 0.15) is 24.8 Å². The third-order valence-corrected chi connectivity index (χ3v) is 6.43. The van der Waals surface area contributed by atoms with E-state index in [2.05, 4.69) is 15.2 Å². The number of carbonyl (C=O) groups is 1. The van der Waals surface area contributed by atoms with Crippen molar-refractivity contribution in [2.24, 2.45) is 0 Å². The fourth-order valence-electron chi connectivity index (χ4n) is 3.88. The van der Waals surface area contributed by atoms with Gasteiger partial charge in [0.1, 0.15) is 4.83 Å². The summed E-state index contributed by atoms with van der Waals surface area (Å²) in [4.78, 5) is 32.0. The van der Waals surface area contributed by atoms with Crippen LogP contribution in [0, 0.1) is 5.82 Å². The Morgan fingerprint density at radius 1 is 1.32 bits per heavy atom. The first-order valence-electron chi connectivity index (χ1n) is 10.3. The summed E-state index contributed by atoms with van der Waals surface area (Å²) in [5, 5.41) is 5.51. The smallest absolute Gasteiger partial charge is 0.262 e. The van der Waals surface area contributed by atoms with Gasteiger partial charge < -0.3 is 10.1 Å². The van der Waals surface area contributed by atoms with Gasteiger partial charge in [0.25, 0.3) is 5.56 Å². The molecule has 31 heavy (non-hydrogen) atoms. The molecular weight excluding hydrogens is 419 g/mol. The number of aryl methyl sites for hydroxylation is 1. The largest absolute Gasteiger partial charge is 0.494 e. The number of fused-ring (bicyclic) bond motifs is 1. The Kier molecular flexibility index (Phi) is 6.62. The molecule has 164 valence electrons. The van der Waals surface area contributed by atoms with Gasteiger partial charge in [-0.25, -0.2) is 9.37 Å². The second-order valence-electron chi connectivity index (χ2n) is 7.72. The topological polar surface area (TPSA) is 76.5 Å². The Morgan fingerprint density at radius 2 is 2.13 bits per heavy atom. The van der Waals surface area contributed by atoms with E-state index in [-0.39, 0.29) is 35.5 Å². The van der Waals surface area contributed by atoms with Crippen LogP contribution >= 0.6 is 11.3 Å². The summed E-state index contributed by atoms with van der Waals surface area (Å²) in [5.74, 6) is -0.166. The second kappa shape index (κ2) is 9.57. The first-order valence-corrected chi connectivity index (χ1v) is 11.2. The summed E-state index contributed by atoms with van der Waals surface area (Å²) >= 11 is 1.43. The molecule has 2 aromatic heterocycles. The molecule has 1 aliphatic heterocycles. The number of rotatable bonds is 7. The predicted octanol–water partition coefficient (Wildman–Crippen LogP) is 2.78. The van der Waals surface area contributed by atoms with Crippen LogP contribution in [0.25, 0.3) is 10.2 Å². The molecule has 9 heteroatoms. The molecule has 1 amide bonds. The molecule has 0 unspecified atom stereocenters. The summed E-state index contributed by atoms with van der Waals surface area (Å²) in [6, 6.07) is 6.91. The van der Waals surface area contributed by atoms with Gasteiger partial charge in [0, 0.05) is 38.6 Å². The van der Waals surface area contributed by atoms with Gasteiger partial charge in [0.15, 0.2) is 11.6 Å². The third kappa shape index (κ3) is 5.11. The average Bonchev–Trinajstić information content (AvgIpc) is 3.25. The molecule has 0 bridgehead atoms. The van der Waals surface area contributed by atoms with Crippen molar-refractivity contribution in [3.05, 3.63) is 57.7 Å². The van der Waals surface area contributed by atoms with E-state index in [9.17, 15) is 14.0 Å². The van der Waals surface area contributed by atoms with E-state index in [4.69, 9.17) is 4.74 Å². The maximum absolute atomic E-state index is 13.9. The molecule has 0 radical (unpaired) electrons. The standard InChI is InChI=1S/C22H25FN4O3S/c1-30-19-3-2-15(12-18(19)23)13-26-8-4-16(5-9-26)25-20(28)6-10-27-14-24-21-17(22(27)29)7-11-31-21/h2-3,7,11-12,14,16H,4-6,8-10,13H2,1H3,(H,25,28). The molecule has 0 spiro atoms. The highest BCUT2D eigenvalue weighted by atomic mass is 32.1. The lowest BCUT2D eigenvalue weighted by molar-refractivity contribution is -0.122. The minimum absolute atomic E-state index is 0.0620. The highest BCUT2D eigenvalue weighted by molar-refractivity contribution is 7.16. The van der Waals surface area contributed by atoms with Crippen molar-refractivity contribution in [1.29, 1.82) is 0 Å². The van der Waals surface area contributed by atoms with Crippen molar-refractivity contribution in [1.82, 2.24) is 19.8 Å². The highest BCUT2D eigenvalue weighted by Gasteiger charge is 2.21. The molecule has 0 atom stereocenters. The van der Waals surface area contributed by atoms with Crippen molar-refractivity contribution in [2.75, 3.05) is 20.2 Å². The predicted molar refractivity (Wildman–Crippen MR) is 118 cm³/mol. The number of methoxy groups -OCH3 is 1. The van der Waals surface area contributed by atoms with Crippen LogP contribution in [0.15, 0.2) is 40.8 Å². The van der Waals surface area contributed by atoms with Crippen molar-refractivity contribution in [2.45, 2.75) is 38.4 Å². The molecule has 1 aliphatic rings. The first kappa shape index (κ1) is 21.5. The number of piperidine rings is 1. The van der Waals surface area contributed by atoms with Crippen LogP contribution in [-0.4, -0.2) is 46.6 Å². The molecule has 0 saturated carbocycles. The van der Waals surface area contributed by atoms with Crippen LogP contribution in [0.5, 0.6) is 5.75 Å². The van der Waals surface area contributed by atoms with Crippen molar-refractivity contribution < 1.29 is 13.9 Å². The fourth-order valence-corrected chi connectivity index (χ4v) is 4.60.